The molecule has 7 heteroatoms. The van der Waals surface area contributed by atoms with Crippen molar-refractivity contribution in [1.82, 2.24) is 4.90 Å². The maximum absolute atomic E-state index is 12.7. The van der Waals surface area contributed by atoms with Gasteiger partial charge in [-0.05, 0) is 55.3 Å². The number of rotatable bonds is 4. The van der Waals surface area contributed by atoms with Gasteiger partial charge in [0.15, 0.2) is 0 Å². The zero-order chi connectivity index (χ0) is 18.7. The summed E-state index contributed by atoms with van der Waals surface area (Å²) in [4.78, 5) is 14.9. The smallest absolute Gasteiger partial charge is 0.228 e. The van der Waals surface area contributed by atoms with E-state index in [4.69, 9.17) is 46.4 Å². The van der Waals surface area contributed by atoms with Gasteiger partial charge in [0.2, 0.25) is 5.91 Å². The molecule has 1 atom stereocenters. The molecule has 3 rings (SSSR count). The van der Waals surface area contributed by atoms with Gasteiger partial charge in [-0.3, -0.25) is 9.69 Å². The molecule has 1 aliphatic rings. The van der Waals surface area contributed by atoms with E-state index in [0.717, 1.165) is 24.9 Å². The van der Waals surface area contributed by atoms with Crippen LogP contribution in [0.25, 0.3) is 0 Å². The lowest BCUT2D eigenvalue weighted by Crippen LogP contribution is -2.40. The first-order chi connectivity index (χ1) is 12.4. The summed E-state index contributed by atoms with van der Waals surface area (Å²) in [6.45, 7) is 2.29. The Kier molecular flexibility index (Phi) is 6.70. The number of amides is 1. The average Bonchev–Trinajstić information content (AvgIpc) is 2.61. The molecule has 1 unspecified atom stereocenters. The first-order valence-electron chi connectivity index (χ1n) is 8.34. The lowest BCUT2D eigenvalue weighted by Gasteiger charge is -2.32. The van der Waals surface area contributed by atoms with Gasteiger partial charge in [0.05, 0.1) is 16.6 Å². The van der Waals surface area contributed by atoms with Crippen LogP contribution in [0.15, 0.2) is 36.4 Å². The van der Waals surface area contributed by atoms with Gasteiger partial charge in [-0.25, -0.2) is 0 Å². The molecule has 2 aromatic rings. The number of hydrogen-bond acceptors (Lipinski definition) is 2. The lowest BCUT2D eigenvalue weighted by atomic mass is 9.96. The van der Waals surface area contributed by atoms with Crippen LogP contribution in [-0.4, -0.2) is 23.9 Å². The fourth-order valence-electron chi connectivity index (χ4n) is 3.13. The molecule has 1 aliphatic heterocycles. The van der Waals surface area contributed by atoms with Crippen molar-refractivity contribution < 1.29 is 4.79 Å². The Labute approximate surface area is 173 Å². The number of nitrogens with zero attached hydrogens (tertiary/aromatic N) is 1. The number of anilines is 1. The molecule has 1 amide bonds. The molecule has 0 spiro atoms. The van der Waals surface area contributed by atoms with Crippen LogP contribution >= 0.6 is 46.4 Å². The SMILES string of the molecule is O=C(Nc1cc(Cl)ccc1Cl)C1CCCN(Cc2ccc(Cl)cc2Cl)C1. The Morgan fingerprint density at radius 2 is 1.77 bits per heavy atom. The summed E-state index contributed by atoms with van der Waals surface area (Å²) in [5.41, 5.74) is 1.55. The zero-order valence-electron chi connectivity index (χ0n) is 13.9. The summed E-state index contributed by atoms with van der Waals surface area (Å²) in [6.07, 6.45) is 1.79. The van der Waals surface area contributed by atoms with Crippen LogP contribution in [0.3, 0.4) is 0 Å². The summed E-state index contributed by atoms with van der Waals surface area (Å²) in [5.74, 6) is -0.147. The standard InChI is InChI=1S/C19H18Cl4N2O/c20-14-4-3-12(17(23)8-14)10-25-7-1-2-13(11-25)19(26)24-18-9-15(21)5-6-16(18)22/h3-6,8-9,13H,1-2,7,10-11H2,(H,24,26). The number of carbonyl (C=O) groups excluding carboxylic acids is 1. The number of likely N-dealkylation sites (tertiary alicyclic amines) is 1. The molecule has 138 valence electrons. The van der Waals surface area contributed by atoms with Gasteiger partial charge >= 0.3 is 0 Å². The van der Waals surface area contributed by atoms with Gasteiger partial charge in [0, 0.05) is 28.2 Å². The molecule has 0 aromatic heterocycles. The Hall–Kier alpha value is -0.970. The predicted octanol–water partition coefficient (Wildman–Crippen LogP) is 6.15. The van der Waals surface area contributed by atoms with Crippen molar-refractivity contribution in [3.63, 3.8) is 0 Å². The second-order valence-corrected chi connectivity index (χ2v) is 8.11. The minimum Gasteiger partial charge on any atom is -0.324 e. The number of piperidine rings is 1. The minimum absolute atomic E-state index is 0.0407. The third kappa shape index (κ3) is 5.05. The highest BCUT2D eigenvalue weighted by Gasteiger charge is 2.26. The second kappa shape index (κ2) is 8.81. The van der Waals surface area contributed by atoms with Crippen molar-refractivity contribution >= 4 is 58.0 Å². The van der Waals surface area contributed by atoms with Crippen LogP contribution in [0, 0.1) is 5.92 Å². The van der Waals surface area contributed by atoms with Gasteiger partial charge in [-0.15, -0.1) is 0 Å². The van der Waals surface area contributed by atoms with Gasteiger partial charge in [-0.1, -0.05) is 52.5 Å². The summed E-state index contributed by atoms with van der Waals surface area (Å²) < 4.78 is 0. The molecule has 1 heterocycles. The average molecular weight is 432 g/mol. The van der Waals surface area contributed by atoms with Crippen molar-refractivity contribution in [3.8, 4) is 0 Å². The highest BCUT2D eigenvalue weighted by molar-refractivity contribution is 6.36. The molecule has 0 saturated carbocycles. The molecule has 1 N–H and O–H groups in total. The number of benzene rings is 2. The maximum Gasteiger partial charge on any atom is 0.228 e. The Morgan fingerprint density at radius 1 is 1.04 bits per heavy atom. The molecule has 0 radical (unpaired) electrons. The number of carbonyl (C=O) groups is 1. The molecule has 0 bridgehead atoms. The van der Waals surface area contributed by atoms with Gasteiger partial charge in [0.1, 0.15) is 0 Å². The second-order valence-electron chi connectivity index (χ2n) is 6.42. The molecular formula is C19H18Cl4N2O. The van der Waals surface area contributed by atoms with E-state index in [1.54, 1.807) is 24.3 Å². The van der Waals surface area contributed by atoms with Crippen molar-refractivity contribution in [3.05, 3.63) is 62.1 Å². The maximum atomic E-state index is 12.7. The molecule has 1 saturated heterocycles. The predicted molar refractivity (Wildman–Crippen MR) is 110 cm³/mol. The van der Waals surface area contributed by atoms with E-state index in [-0.39, 0.29) is 11.8 Å². The Balaban J connectivity index is 1.64. The van der Waals surface area contributed by atoms with E-state index in [1.165, 1.54) is 0 Å². The normalized spacial score (nSPS) is 17.9. The van der Waals surface area contributed by atoms with Crippen LogP contribution in [0.2, 0.25) is 20.1 Å². The van der Waals surface area contributed by atoms with E-state index in [0.29, 0.717) is 38.9 Å². The van der Waals surface area contributed by atoms with E-state index in [1.807, 2.05) is 12.1 Å². The van der Waals surface area contributed by atoms with Gasteiger partial charge in [0.25, 0.3) is 0 Å². The lowest BCUT2D eigenvalue weighted by molar-refractivity contribution is -0.121. The number of halogens is 4. The molecule has 26 heavy (non-hydrogen) atoms. The van der Waals surface area contributed by atoms with Crippen LogP contribution in [-0.2, 0) is 11.3 Å². The monoisotopic (exact) mass is 430 g/mol. The molecule has 2 aromatic carbocycles. The number of nitrogens with one attached hydrogen (secondary N) is 1. The molecule has 3 nitrogen and oxygen atoms in total. The van der Waals surface area contributed by atoms with Crippen LogP contribution < -0.4 is 5.32 Å². The van der Waals surface area contributed by atoms with E-state index < -0.39 is 0 Å². The fourth-order valence-corrected chi connectivity index (χ4v) is 3.94. The van der Waals surface area contributed by atoms with E-state index in [9.17, 15) is 4.79 Å². The summed E-state index contributed by atoms with van der Waals surface area (Å²) in [6, 6.07) is 10.5. The minimum atomic E-state index is -0.107. The highest BCUT2D eigenvalue weighted by Crippen LogP contribution is 2.28. The van der Waals surface area contributed by atoms with Crippen LogP contribution in [0.5, 0.6) is 0 Å². The molecule has 0 aliphatic carbocycles. The topological polar surface area (TPSA) is 32.3 Å². The fraction of sp³-hybridized carbons (Fsp3) is 0.316. The van der Waals surface area contributed by atoms with E-state index in [2.05, 4.69) is 10.2 Å². The highest BCUT2D eigenvalue weighted by atomic mass is 35.5. The Morgan fingerprint density at radius 3 is 2.54 bits per heavy atom. The van der Waals surface area contributed by atoms with Crippen molar-refractivity contribution in [1.29, 1.82) is 0 Å². The Bertz CT molecular complexity index is 812. The quantitative estimate of drug-likeness (QED) is 0.629. The van der Waals surface area contributed by atoms with Gasteiger partial charge in [-0.2, -0.15) is 0 Å². The zero-order valence-corrected chi connectivity index (χ0v) is 17.0. The third-order valence-electron chi connectivity index (χ3n) is 4.47. The first kappa shape index (κ1) is 19.8. The third-order valence-corrected chi connectivity index (χ3v) is 5.62. The summed E-state index contributed by atoms with van der Waals surface area (Å²) in [5, 5.41) is 5.17. The van der Waals surface area contributed by atoms with Gasteiger partial charge < -0.3 is 5.32 Å². The summed E-state index contributed by atoms with van der Waals surface area (Å²) in [7, 11) is 0. The van der Waals surface area contributed by atoms with Crippen molar-refractivity contribution in [2.24, 2.45) is 5.92 Å². The van der Waals surface area contributed by atoms with Crippen LogP contribution in [0.4, 0.5) is 5.69 Å². The van der Waals surface area contributed by atoms with Crippen LogP contribution in [0.1, 0.15) is 18.4 Å². The molecular weight excluding hydrogens is 414 g/mol. The molecule has 1 fully saturated rings. The van der Waals surface area contributed by atoms with Crippen molar-refractivity contribution in [2.75, 3.05) is 18.4 Å². The summed E-state index contributed by atoms with van der Waals surface area (Å²) >= 11 is 24.3. The van der Waals surface area contributed by atoms with Crippen molar-refractivity contribution in [2.45, 2.75) is 19.4 Å². The van der Waals surface area contributed by atoms with E-state index >= 15 is 0 Å². The largest absolute Gasteiger partial charge is 0.324 e. The number of hydrogen-bond donors (Lipinski definition) is 1. The first-order valence-corrected chi connectivity index (χ1v) is 9.86.